The molecule has 1 aromatic rings. The molecule has 0 amide bonds. The number of esters is 1. The molecule has 86 valence electrons. The van der Waals surface area contributed by atoms with Crippen molar-refractivity contribution in [3.63, 3.8) is 0 Å². The molecular weight excluding hydrogens is 251 g/mol. The van der Waals surface area contributed by atoms with Gasteiger partial charge in [-0.3, -0.25) is 0 Å². The first-order chi connectivity index (χ1) is 7.58. The number of benzene rings is 1. The Bertz CT molecular complexity index is 433. The maximum Gasteiger partial charge on any atom is 0.337 e. The van der Waals surface area contributed by atoms with E-state index in [1.54, 1.807) is 12.1 Å². The summed E-state index contributed by atoms with van der Waals surface area (Å²) in [6.45, 7) is 0. The van der Waals surface area contributed by atoms with Gasteiger partial charge in [0, 0.05) is 0 Å². The van der Waals surface area contributed by atoms with Crippen molar-refractivity contribution < 1.29 is 9.53 Å². The maximum atomic E-state index is 11.3. The summed E-state index contributed by atoms with van der Waals surface area (Å²) in [5.74, 6) is -0.137. The fraction of sp³-hybridized carbons (Fsp3) is 0.200. The lowest BCUT2D eigenvalue weighted by Gasteiger charge is -2.03. The summed E-state index contributed by atoms with van der Waals surface area (Å²) in [5, 5.41) is 0.390. The number of methoxy groups -OCH3 is 1. The molecule has 4 nitrogen and oxygen atoms in total. The number of rotatable bonds is 3. The van der Waals surface area contributed by atoms with Crippen molar-refractivity contribution in [2.45, 2.75) is 0 Å². The van der Waals surface area contributed by atoms with Crippen molar-refractivity contribution in [2.24, 2.45) is 10.7 Å². The Labute approximate surface area is 103 Å². The largest absolute Gasteiger partial charge is 0.465 e. The van der Waals surface area contributed by atoms with Crippen molar-refractivity contribution in [1.29, 1.82) is 0 Å². The summed E-state index contributed by atoms with van der Waals surface area (Å²) in [7, 11) is 1.30. The van der Waals surface area contributed by atoms with Crippen molar-refractivity contribution in [2.75, 3.05) is 13.0 Å². The zero-order valence-electron chi connectivity index (χ0n) is 8.54. The van der Waals surface area contributed by atoms with Gasteiger partial charge in [0.05, 0.1) is 29.3 Å². The van der Waals surface area contributed by atoms with Crippen molar-refractivity contribution in [1.82, 2.24) is 0 Å². The van der Waals surface area contributed by atoms with Crippen LogP contribution in [0.4, 0.5) is 5.69 Å². The van der Waals surface area contributed by atoms with E-state index in [0.29, 0.717) is 16.3 Å². The van der Waals surface area contributed by atoms with E-state index < -0.39 is 5.97 Å². The van der Waals surface area contributed by atoms with Gasteiger partial charge in [0.25, 0.3) is 0 Å². The third-order valence-corrected chi connectivity index (χ3v) is 2.36. The molecule has 16 heavy (non-hydrogen) atoms. The van der Waals surface area contributed by atoms with Crippen LogP contribution >= 0.6 is 23.2 Å². The molecule has 0 aromatic heterocycles. The first-order valence-corrected chi connectivity index (χ1v) is 5.26. The van der Waals surface area contributed by atoms with E-state index in [1.807, 2.05) is 0 Å². The lowest BCUT2D eigenvalue weighted by molar-refractivity contribution is 0.0601. The molecule has 0 spiro atoms. The predicted octanol–water partition coefficient (Wildman–Crippen LogP) is 2.35. The monoisotopic (exact) mass is 260 g/mol. The highest BCUT2D eigenvalue weighted by Crippen LogP contribution is 2.26. The van der Waals surface area contributed by atoms with E-state index in [-0.39, 0.29) is 11.7 Å². The number of carbonyl (C=O) groups is 1. The van der Waals surface area contributed by atoms with E-state index in [9.17, 15) is 4.79 Å². The first-order valence-electron chi connectivity index (χ1n) is 4.35. The number of amidine groups is 1. The third-order valence-electron chi connectivity index (χ3n) is 1.77. The maximum absolute atomic E-state index is 11.3. The number of ether oxygens (including phenoxy) is 1. The van der Waals surface area contributed by atoms with E-state index >= 15 is 0 Å². The molecule has 0 aliphatic carbocycles. The average molecular weight is 261 g/mol. The smallest absolute Gasteiger partial charge is 0.337 e. The molecule has 0 heterocycles. The lowest BCUT2D eigenvalue weighted by atomic mass is 10.2. The molecule has 0 atom stereocenters. The highest BCUT2D eigenvalue weighted by Gasteiger charge is 2.08. The zero-order valence-corrected chi connectivity index (χ0v) is 10.0. The van der Waals surface area contributed by atoms with Crippen LogP contribution in [0.25, 0.3) is 0 Å². The minimum absolute atomic E-state index is 0.0960. The van der Waals surface area contributed by atoms with E-state index in [2.05, 4.69) is 9.73 Å². The summed E-state index contributed by atoms with van der Waals surface area (Å²) >= 11 is 11.4. The second-order valence-electron chi connectivity index (χ2n) is 2.89. The van der Waals surface area contributed by atoms with Gasteiger partial charge in [-0.15, -0.1) is 11.6 Å². The number of alkyl halides is 1. The van der Waals surface area contributed by atoms with Crippen LogP contribution in [0.15, 0.2) is 23.2 Å². The van der Waals surface area contributed by atoms with Crippen LogP contribution in [0.3, 0.4) is 0 Å². The lowest BCUT2D eigenvalue weighted by Crippen LogP contribution is -2.12. The molecule has 6 heteroatoms. The summed E-state index contributed by atoms with van der Waals surface area (Å²) in [6.07, 6.45) is 0. The Balaban J connectivity index is 3.14. The first kappa shape index (κ1) is 12.8. The van der Waals surface area contributed by atoms with Gasteiger partial charge in [0.15, 0.2) is 0 Å². The number of hydrogen-bond donors (Lipinski definition) is 1. The van der Waals surface area contributed by atoms with Gasteiger partial charge >= 0.3 is 5.97 Å². The van der Waals surface area contributed by atoms with E-state index in [0.717, 1.165) is 0 Å². The molecule has 0 aliphatic heterocycles. The van der Waals surface area contributed by atoms with Gasteiger partial charge < -0.3 is 10.5 Å². The number of nitrogens with two attached hydrogens (primary N) is 1. The molecule has 0 radical (unpaired) electrons. The van der Waals surface area contributed by atoms with Gasteiger partial charge in [-0.1, -0.05) is 11.6 Å². The van der Waals surface area contributed by atoms with E-state index in [4.69, 9.17) is 28.9 Å². The second-order valence-corrected chi connectivity index (χ2v) is 3.57. The average Bonchev–Trinajstić information content (AvgIpc) is 2.30. The van der Waals surface area contributed by atoms with Crippen molar-refractivity contribution in [3.8, 4) is 0 Å². The number of carbonyl (C=O) groups excluding carboxylic acids is 1. The Morgan fingerprint density at radius 2 is 2.25 bits per heavy atom. The van der Waals surface area contributed by atoms with E-state index in [1.165, 1.54) is 13.2 Å². The molecule has 1 aromatic carbocycles. The van der Waals surface area contributed by atoms with Crippen LogP contribution in [0.1, 0.15) is 10.4 Å². The summed E-state index contributed by atoms with van der Waals surface area (Å²) in [4.78, 5) is 15.2. The molecular formula is C10H10Cl2N2O2. The predicted molar refractivity (Wildman–Crippen MR) is 64.8 cm³/mol. The third kappa shape index (κ3) is 3.12. The molecule has 0 fully saturated rings. The van der Waals surface area contributed by atoms with Crippen LogP contribution in [0.5, 0.6) is 0 Å². The normalized spacial score (nSPS) is 11.3. The molecule has 1 rings (SSSR count). The minimum atomic E-state index is -0.461. The van der Waals surface area contributed by atoms with Crippen LogP contribution in [0.2, 0.25) is 5.02 Å². The standard InChI is InChI=1S/C10H10Cl2N2O2/c1-16-10(15)6-2-3-7(12)8(4-6)14-9(13)5-11/h2-4H,5H2,1H3,(H2,13,14). The zero-order chi connectivity index (χ0) is 12.1. The molecule has 0 saturated heterocycles. The second kappa shape index (κ2) is 5.72. The number of aliphatic imine (C=N–C) groups is 1. The van der Waals surface area contributed by atoms with Crippen LogP contribution < -0.4 is 5.73 Å². The Morgan fingerprint density at radius 1 is 1.56 bits per heavy atom. The molecule has 0 bridgehead atoms. The molecule has 0 saturated carbocycles. The molecule has 0 unspecified atom stereocenters. The fourth-order valence-electron chi connectivity index (χ4n) is 1.03. The summed E-state index contributed by atoms with van der Waals surface area (Å²) in [5.41, 5.74) is 6.22. The number of halogens is 2. The molecule has 2 N–H and O–H groups in total. The van der Waals surface area contributed by atoms with Gasteiger partial charge in [0.2, 0.25) is 0 Å². The van der Waals surface area contributed by atoms with Crippen LogP contribution in [-0.4, -0.2) is 24.8 Å². The Kier molecular flexibility index (Phi) is 4.58. The Hall–Kier alpha value is -1.26. The Morgan fingerprint density at radius 3 is 2.81 bits per heavy atom. The van der Waals surface area contributed by atoms with Crippen LogP contribution in [-0.2, 0) is 4.74 Å². The minimum Gasteiger partial charge on any atom is -0.465 e. The molecule has 0 aliphatic rings. The topological polar surface area (TPSA) is 64.7 Å². The number of hydrogen-bond acceptors (Lipinski definition) is 3. The number of nitrogens with zero attached hydrogens (tertiary/aromatic N) is 1. The van der Waals surface area contributed by atoms with Crippen molar-refractivity contribution >= 4 is 40.7 Å². The van der Waals surface area contributed by atoms with Gasteiger partial charge in [-0.2, -0.15) is 0 Å². The SMILES string of the molecule is COC(=O)c1ccc(Cl)c(N=C(N)CCl)c1. The van der Waals surface area contributed by atoms with Gasteiger partial charge in [0.1, 0.15) is 5.84 Å². The summed E-state index contributed by atoms with van der Waals surface area (Å²) in [6, 6.07) is 4.59. The van der Waals surface area contributed by atoms with Crippen LogP contribution in [0, 0.1) is 0 Å². The van der Waals surface area contributed by atoms with Crippen molar-refractivity contribution in [3.05, 3.63) is 28.8 Å². The fourth-order valence-corrected chi connectivity index (χ4v) is 1.25. The van der Waals surface area contributed by atoms with Gasteiger partial charge in [-0.05, 0) is 18.2 Å². The summed E-state index contributed by atoms with van der Waals surface area (Å²) < 4.78 is 4.57. The highest BCUT2D eigenvalue weighted by atomic mass is 35.5. The highest BCUT2D eigenvalue weighted by molar-refractivity contribution is 6.33. The quantitative estimate of drug-likeness (QED) is 0.393. The van der Waals surface area contributed by atoms with Gasteiger partial charge in [-0.25, -0.2) is 9.79 Å².